The highest BCUT2D eigenvalue weighted by Crippen LogP contribution is 2.24. The fourth-order valence-electron chi connectivity index (χ4n) is 1.63. The highest BCUT2D eigenvalue weighted by molar-refractivity contribution is 4.85. The van der Waals surface area contributed by atoms with E-state index in [9.17, 15) is 0 Å². The zero-order valence-corrected chi connectivity index (χ0v) is 7.20. The molecule has 1 heterocycles. The van der Waals surface area contributed by atoms with Gasteiger partial charge in [0.2, 0.25) is 0 Å². The van der Waals surface area contributed by atoms with Crippen LogP contribution in [0.3, 0.4) is 0 Å². The lowest BCUT2D eigenvalue weighted by molar-refractivity contribution is 0.0981. The number of ether oxygens (including phenoxy) is 1. The molecule has 0 spiro atoms. The van der Waals surface area contributed by atoms with Gasteiger partial charge >= 0.3 is 0 Å². The largest absolute Gasteiger partial charge is 0.412 e. The van der Waals surface area contributed by atoms with Crippen molar-refractivity contribution in [1.82, 2.24) is 0 Å². The lowest BCUT2D eigenvalue weighted by Crippen LogP contribution is -2.35. The lowest BCUT2D eigenvalue weighted by atomic mass is 9.91. The fourth-order valence-corrected chi connectivity index (χ4v) is 1.63. The minimum absolute atomic E-state index is 0. The zero-order chi connectivity index (χ0) is 8.27. The topological polar surface area (TPSA) is 119 Å². The molecule has 1 rings (SSSR count). The molecule has 0 aromatic heterocycles. The normalized spacial score (nSPS) is 34.8. The molecule has 1 saturated heterocycles. The first-order chi connectivity index (χ1) is 5.33. The zero-order valence-electron chi connectivity index (χ0n) is 7.20. The van der Waals surface area contributed by atoms with Crippen LogP contribution in [0.25, 0.3) is 0 Å². The van der Waals surface area contributed by atoms with Gasteiger partial charge in [-0.05, 0) is 13.1 Å². The average Bonchev–Trinajstić information content (AvgIpc) is 2.45. The van der Waals surface area contributed by atoms with Gasteiger partial charge in [0.25, 0.3) is 0 Å². The second-order valence-corrected chi connectivity index (χ2v) is 3.00. The first-order valence-corrected chi connectivity index (χ1v) is 4.05. The predicted octanol–water partition coefficient (Wildman–Crippen LogP) is -2.33. The van der Waals surface area contributed by atoms with E-state index in [4.69, 9.17) is 21.9 Å². The average molecular weight is 177 g/mol. The number of hydrogen-bond donors (Lipinski definition) is 3. The van der Waals surface area contributed by atoms with E-state index in [-0.39, 0.29) is 11.6 Å². The Balaban J connectivity index is 0.00000121. The Kier molecular flexibility index (Phi) is 5.36. The molecule has 0 radical (unpaired) electrons. The van der Waals surface area contributed by atoms with Crippen LogP contribution in [0.4, 0.5) is 0 Å². The van der Waals surface area contributed by atoms with Gasteiger partial charge in [-0.1, -0.05) is 0 Å². The first-order valence-electron chi connectivity index (χ1n) is 4.05. The van der Waals surface area contributed by atoms with Crippen LogP contribution < -0.4 is 17.2 Å². The van der Waals surface area contributed by atoms with Gasteiger partial charge < -0.3 is 27.4 Å². The van der Waals surface area contributed by atoms with Crippen LogP contribution in [-0.4, -0.2) is 37.8 Å². The molecule has 0 saturated carbocycles. The van der Waals surface area contributed by atoms with Crippen molar-refractivity contribution >= 4 is 0 Å². The Morgan fingerprint density at radius 3 is 2.17 bits per heavy atom. The Bertz CT molecular complexity index is 111. The molecule has 0 aromatic carbocycles. The Morgan fingerprint density at radius 2 is 1.75 bits per heavy atom. The molecular weight excluding hydrogens is 158 g/mol. The smallest absolute Gasteiger partial charge is 0.0741 e. The molecule has 8 N–H and O–H groups in total. The molecule has 0 aliphatic carbocycles. The summed E-state index contributed by atoms with van der Waals surface area (Å²) in [6.45, 7) is 2.56. The number of nitrogens with two attached hydrogens (primary N) is 3. The van der Waals surface area contributed by atoms with Gasteiger partial charge in [0, 0.05) is 18.4 Å². The molecular formula is C7H19N3O2. The highest BCUT2D eigenvalue weighted by Gasteiger charge is 2.34. The minimum atomic E-state index is 0. The quantitative estimate of drug-likeness (QED) is 0.448. The maximum absolute atomic E-state index is 5.57. The van der Waals surface area contributed by atoms with Gasteiger partial charge in [0.1, 0.15) is 0 Å². The van der Waals surface area contributed by atoms with Crippen LogP contribution in [0.1, 0.15) is 0 Å². The lowest BCUT2D eigenvalue weighted by Gasteiger charge is -2.18. The first kappa shape index (κ1) is 11.8. The molecule has 1 fully saturated rings. The van der Waals surface area contributed by atoms with Crippen LogP contribution >= 0.6 is 0 Å². The van der Waals surface area contributed by atoms with Crippen LogP contribution in [-0.2, 0) is 4.74 Å². The van der Waals surface area contributed by atoms with Crippen molar-refractivity contribution < 1.29 is 10.2 Å². The molecule has 3 unspecified atom stereocenters. The van der Waals surface area contributed by atoms with Gasteiger partial charge in [0.05, 0.1) is 12.7 Å². The van der Waals surface area contributed by atoms with Gasteiger partial charge in [-0.15, -0.1) is 0 Å². The third kappa shape index (κ3) is 2.15. The van der Waals surface area contributed by atoms with E-state index in [1.54, 1.807) is 0 Å². The second kappa shape index (κ2) is 5.45. The third-order valence-electron chi connectivity index (χ3n) is 2.41. The molecule has 3 atom stereocenters. The minimum Gasteiger partial charge on any atom is -0.412 e. The van der Waals surface area contributed by atoms with Gasteiger partial charge in [-0.25, -0.2) is 0 Å². The number of rotatable bonds is 3. The molecule has 1 aliphatic rings. The Hall–Kier alpha value is -0.200. The van der Waals surface area contributed by atoms with Crippen LogP contribution in [0.15, 0.2) is 0 Å². The summed E-state index contributed by atoms with van der Waals surface area (Å²) in [5.41, 5.74) is 16.6. The van der Waals surface area contributed by atoms with E-state index in [1.807, 2.05) is 0 Å². The summed E-state index contributed by atoms with van der Waals surface area (Å²) < 4.78 is 5.42. The van der Waals surface area contributed by atoms with Gasteiger partial charge in [0.15, 0.2) is 0 Å². The van der Waals surface area contributed by atoms with E-state index in [0.29, 0.717) is 31.5 Å². The Labute approximate surface area is 72.5 Å². The van der Waals surface area contributed by atoms with Gasteiger partial charge in [-0.3, -0.25) is 0 Å². The second-order valence-electron chi connectivity index (χ2n) is 3.00. The SMILES string of the molecule is NCC1COC(CN)C1CN.O. The molecule has 5 nitrogen and oxygen atoms in total. The van der Waals surface area contributed by atoms with Crippen molar-refractivity contribution in [2.24, 2.45) is 29.0 Å². The predicted molar refractivity (Wildman–Crippen MR) is 47.5 cm³/mol. The third-order valence-corrected chi connectivity index (χ3v) is 2.41. The Morgan fingerprint density at radius 1 is 1.08 bits per heavy atom. The molecule has 1 aliphatic heterocycles. The van der Waals surface area contributed by atoms with Crippen molar-refractivity contribution in [2.75, 3.05) is 26.2 Å². The van der Waals surface area contributed by atoms with Crippen molar-refractivity contribution in [3.8, 4) is 0 Å². The molecule has 5 heteroatoms. The summed E-state index contributed by atoms with van der Waals surface area (Å²) in [5, 5.41) is 0. The molecule has 12 heavy (non-hydrogen) atoms. The maximum atomic E-state index is 5.57. The monoisotopic (exact) mass is 177 g/mol. The maximum Gasteiger partial charge on any atom is 0.0741 e. The molecule has 74 valence electrons. The number of hydrogen-bond acceptors (Lipinski definition) is 4. The van der Waals surface area contributed by atoms with Crippen molar-refractivity contribution in [1.29, 1.82) is 0 Å². The van der Waals surface area contributed by atoms with E-state index >= 15 is 0 Å². The van der Waals surface area contributed by atoms with E-state index in [0.717, 1.165) is 6.61 Å². The van der Waals surface area contributed by atoms with Crippen molar-refractivity contribution in [2.45, 2.75) is 6.10 Å². The van der Waals surface area contributed by atoms with Crippen molar-refractivity contribution in [3.63, 3.8) is 0 Å². The van der Waals surface area contributed by atoms with Crippen LogP contribution in [0, 0.1) is 11.8 Å². The standard InChI is InChI=1S/C7H17N3O.H2O/c8-1-5-4-11-7(3-10)6(5)2-9;/h5-7H,1-4,8-10H2;1H2. The van der Waals surface area contributed by atoms with Crippen LogP contribution in [0.5, 0.6) is 0 Å². The van der Waals surface area contributed by atoms with Crippen LogP contribution in [0.2, 0.25) is 0 Å². The summed E-state index contributed by atoms with van der Waals surface area (Å²) in [7, 11) is 0. The molecule has 0 aromatic rings. The van der Waals surface area contributed by atoms with E-state index < -0.39 is 0 Å². The highest BCUT2D eigenvalue weighted by atomic mass is 16.5. The molecule has 0 amide bonds. The fraction of sp³-hybridized carbons (Fsp3) is 1.00. The summed E-state index contributed by atoms with van der Waals surface area (Å²) in [5.74, 6) is 0.776. The summed E-state index contributed by atoms with van der Waals surface area (Å²) in [4.78, 5) is 0. The summed E-state index contributed by atoms with van der Waals surface area (Å²) in [6.07, 6.45) is 0.133. The summed E-state index contributed by atoms with van der Waals surface area (Å²) in [6, 6.07) is 0. The van der Waals surface area contributed by atoms with E-state index in [2.05, 4.69) is 0 Å². The van der Waals surface area contributed by atoms with Crippen molar-refractivity contribution in [3.05, 3.63) is 0 Å². The molecule has 0 bridgehead atoms. The van der Waals surface area contributed by atoms with E-state index in [1.165, 1.54) is 0 Å². The van der Waals surface area contributed by atoms with Gasteiger partial charge in [-0.2, -0.15) is 0 Å². The summed E-state index contributed by atoms with van der Waals surface area (Å²) >= 11 is 0.